The van der Waals surface area contributed by atoms with Gasteiger partial charge in [-0.15, -0.1) is 12.4 Å². The summed E-state index contributed by atoms with van der Waals surface area (Å²) in [6.45, 7) is 8.82. The fourth-order valence-corrected chi connectivity index (χ4v) is 3.07. The van der Waals surface area contributed by atoms with Crippen molar-refractivity contribution < 1.29 is 14.7 Å². The monoisotopic (exact) mass is 363 g/mol. The lowest BCUT2D eigenvalue weighted by Gasteiger charge is -2.28. The number of carboxylic acids is 1. The maximum atomic E-state index is 12.3. The zero-order chi connectivity index (χ0) is 17.4. The number of hydrogen-bond acceptors (Lipinski definition) is 4. The molecule has 1 rings (SSSR count). The van der Waals surface area contributed by atoms with Gasteiger partial charge in [0.1, 0.15) is 0 Å². The highest BCUT2D eigenvalue weighted by Crippen LogP contribution is 2.17. The molecule has 0 radical (unpaired) electrons. The van der Waals surface area contributed by atoms with Crippen molar-refractivity contribution in [1.29, 1.82) is 0 Å². The second-order valence-electron chi connectivity index (χ2n) is 7.08. The summed E-state index contributed by atoms with van der Waals surface area (Å²) in [5, 5.41) is 11.9. The zero-order valence-electron chi connectivity index (χ0n) is 15.5. The van der Waals surface area contributed by atoms with Gasteiger partial charge in [-0.2, -0.15) is 0 Å². The maximum absolute atomic E-state index is 12.3. The van der Waals surface area contributed by atoms with Crippen molar-refractivity contribution in [2.75, 3.05) is 33.2 Å². The van der Waals surface area contributed by atoms with Crippen molar-refractivity contribution in [2.24, 2.45) is 5.92 Å². The predicted molar refractivity (Wildman–Crippen MR) is 98.7 cm³/mol. The Bertz CT molecular complexity index is 393. The summed E-state index contributed by atoms with van der Waals surface area (Å²) in [4.78, 5) is 27.2. The summed E-state index contributed by atoms with van der Waals surface area (Å²) in [6.07, 6.45) is 3.90. The van der Waals surface area contributed by atoms with Crippen LogP contribution in [0.25, 0.3) is 0 Å². The van der Waals surface area contributed by atoms with Crippen molar-refractivity contribution in [3.05, 3.63) is 0 Å². The molecule has 1 amide bonds. The van der Waals surface area contributed by atoms with Crippen LogP contribution in [0.5, 0.6) is 0 Å². The summed E-state index contributed by atoms with van der Waals surface area (Å²) in [7, 11) is 1.87. The molecule has 2 unspecified atom stereocenters. The van der Waals surface area contributed by atoms with E-state index in [0.717, 1.165) is 45.3 Å². The lowest BCUT2D eigenvalue weighted by molar-refractivity contribution is -0.138. The molecule has 0 bridgehead atoms. The highest BCUT2D eigenvalue weighted by Gasteiger charge is 2.26. The van der Waals surface area contributed by atoms with Crippen LogP contribution in [0, 0.1) is 5.92 Å². The number of likely N-dealkylation sites (N-methyl/N-ethyl adjacent to an activating group) is 1. The predicted octanol–water partition coefficient (Wildman–Crippen LogP) is 1.83. The fourth-order valence-electron chi connectivity index (χ4n) is 3.07. The van der Waals surface area contributed by atoms with E-state index in [1.54, 1.807) is 0 Å². The lowest BCUT2D eigenvalue weighted by Crippen LogP contribution is -2.46. The number of aliphatic carboxylic acids is 1. The number of nitrogens with one attached hydrogen (secondary N) is 1. The Kier molecular flexibility index (Phi) is 11.2. The van der Waals surface area contributed by atoms with Gasteiger partial charge in [0, 0.05) is 19.1 Å². The average Bonchev–Trinajstić information content (AvgIpc) is 2.71. The molecular formula is C17H34ClN3O3. The number of likely N-dealkylation sites (tertiary alicyclic amines) is 1. The molecule has 0 aromatic carbocycles. The third-order valence-electron chi connectivity index (χ3n) is 4.69. The van der Waals surface area contributed by atoms with E-state index in [1.807, 2.05) is 18.9 Å². The SMILES string of the molecule is CC(C)CCNC(=O)C(C)N1CCCC(N(C)CC(=O)O)CC1.Cl. The van der Waals surface area contributed by atoms with E-state index in [1.165, 1.54) is 0 Å². The van der Waals surface area contributed by atoms with Crippen LogP contribution >= 0.6 is 12.4 Å². The summed E-state index contributed by atoms with van der Waals surface area (Å²) < 4.78 is 0. The molecule has 7 heteroatoms. The Morgan fingerprint density at radius 2 is 1.92 bits per heavy atom. The minimum absolute atomic E-state index is 0. The maximum Gasteiger partial charge on any atom is 0.317 e. The molecule has 1 heterocycles. The number of carboxylic acid groups (broad SMARTS) is 1. The largest absolute Gasteiger partial charge is 0.480 e. The molecule has 1 fully saturated rings. The van der Waals surface area contributed by atoms with Gasteiger partial charge in [-0.3, -0.25) is 19.4 Å². The van der Waals surface area contributed by atoms with E-state index in [0.29, 0.717) is 5.92 Å². The first-order valence-corrected chi connectivity index (χ1v) is 8.75. The third kappa shape index (κ3) is 8.31. The number of carbonyl (C=O) groups is 2. The molecule has 0 aliphatic carbocycles. The van der Waals surface area contributed by atoms with Crippen molar-refractivity contribution in [2.45, 2.75) is 58.5 Å². The van der Waals surface area contributed by atoms with Crippen LogP contribution in [-0.2, 0) is 9.59 Å². The first-order valence-electron chi connectivity index (χ1n) is 8.75. The van der Waals surface area contributed by atoms with E-state index in [9.17, 15) is 9.59 Å². The van der Waals surface area contributed by atoms with Crippen molar-refractivity contribution in [1.82, 2.24) is 15.1 Å². The van der Waals surface area contributed by atoms with Gasteiger partial charge in [0.05, 0.1) is 12.6 Å². The van der Waals surface area contributed by atoms with Gasteiger partial charge < -0.3 is 10.4 Å². The number of amides is 1. The number of carbonyl (C=O) groups excluding carboxylic acids is 1. The van der Waals surface area contributed by atoms with Gasteiger partial charge in [0.15, 0.2) is 0 Å². The van der Waals surface area contributed by atoms with E-state index in [-0.39, 0.29) is 36.9 Å². The number of halogens is 1. The molecule has 6 nitrogen and oxygen atoms in total. The van der Waals surface area contributed by atoms with Crippen LogP contribution < -0.4 is 5.32 Å². The van der Waals surface area contributed by atoms with Gasteiger partial charge in [0.2, 0.25) is 5.91 Å². The van der Waals surface area contributed by atoms with Crippen LogP contribution in [-0.4, -0.2) is 72.1 Å². The van der Waals surface area contributed by atoms with Gasteiger partial charge in [-0.25, -0.2) is 0 Å². The lowest BCUT2D eigenvalue weighted by atomic mass is 10.1. The molecule has 0 aromatic heterocycles. The molecule has 142 valence electrons. The minimum Gasteiger partial charge on any atom is -0.480 e. The number of rotatable bonds is 8. The van der Waals surface area contributed by atoms with Gasteiger partial charge in [-0.1, -0.05) is 13.8 Å². The van der Waals surface area contributed by atoms with E-state index in [4.69, 9.17) is 5.11 Å². The molecule has 24 heavy (non-hydrogen) atoms. The first kappa shape index (κ1) is 23.1. The van der Waals surface area contributed by atoms with E-state index < -0.39 is 5.97 Å². The standard InChI is InChI=1S/C17H33N3O3.ClH/c1-13(2)7-9-18-17(23)14(3)20-10-5-6-15(8-11-20)19(4)12-16(21)22;/h13-15H,5-12H2,1-4H3,(H,18,23)(H,21,22);1H. The van der Waals surface area contributed by atoms with Crippen molar-refractivity contribution in [3.63, 3.8) is 0 Å². The Hall–Kier alpha value is -0.850. The molecule has 1 aliphatic heterocycles. The second-order valence-corrected chi connectivity index (χ2v) is 7.08. The normalized spacial score (nSPS) is 20.3. The quantitative estimate of drug-likeness (QED) is 0.688. The molecular weight excluding hydrogens is 330 g/mol. The van der Waals surface area contributed by atoms with Crippen molar-refractivity contribution >= 4 is 24.3 Å². The summed E-state index contributed by atoms with van der Waals surface area (Å²) in [5.74, 6) is -0.0937. The molecule has 2 N–H and O–H groups in total. The minimum atomic E-state index is -0.786. The Balaban J connectivity index is 0.00000529. The van der Waals surface area contributed by atoms with Gasteiger partial charge in [0.25, 0.3) is 0 Å². The highest BCUT2D eigenvalue weighted by atomic mass is 35.5. The molecule has 2 atom stereocenters. The Morgan fingerprint density at radius 3 is 2.50 bits per heavy atom. The fraction of sp³-hybridized carbons (Fsp3) is 0.882. The van der Waals surface area contributed by atoms with Crippen LogP contribution in [0.2, 0.25) is 0 Å². The molecule has 0 spiro atoms. The van der Waals surface area contributed by atoms with Crippen LogP contribution in [0.1, 0.15) is 46.5 Å². The molecule has 0 saturated carbocycles. The molecule has 0 aromatic rings. The highest BCUT2D eigenvalue weighted by molar-refractivity contribution is 5.85. The van der Waals surface area contributed by atoms with Crippen molar-refractivity contribution in [3.8, 4) is 0 Å². The Labute approximate surface area is 152 Å². The summed E-state index contributed by atoms with van der Waals surface area (Å²) in [5.41, 5.74) is 0. The topological polar surface area (TPSA) is 72.9 Å². The number of hydrogen-bond donors (Lipinski definition) is 2. The number of nitrogens with zero attached hydrogens (tertiary/aromatic N) is 2. The molecule has 1 saturated heterocycles. The summed E-state index contributed by atoms with van der Waals surface area (Å²) >= 11 is 0. The van der Waals surface area contributed by atoms with E-state index >= 15 is 0 Å². The third-order valence-corrected chi connectivity index (χ3v) is 4.69. The van der Waals surface area contributed by atoms with Crippen LogP contribution in [0.15, 0.2) is 0 Å². The van der Waals surface area contributed by atoms with Gasteiger partial charge >= 0.3 is 5.97 Å². The van der Waals surface area contributed by atoms with Crippen LogP contribution in [0.3, 0.4) is 0 Å². The van der Waals surface area contributed by atoms with Gasteiger partial charge in [-0.05, 0) is 52.1 Å². The summed E-state index contributed by atoms with van der Waals surface area (Å²) in [6, 6.07) is 0.165. The molecule has 1 aliphatic rings. The Morgan fingerprint density at radius 1 is 1.25 bits per heavy atom. The second kappa shape index (κ2) is 11.7. The smallest absolute Gasteiger partial charge is 0.317 e. The first-order chi connectivity index (χ1) is 10.8. The average molecular weight is 364 g/mol. The van der Waals surface area contributed by atoms with Crippen LogP contribution in [0.4, 0.5) is 0 Å². The zero-order valence-corrected chi connectivity index (χ0v) is 16.3. The van der Waals surface area contributed by atoms with E-state index in [2.05, 4.69) is 24.1 Å².